The van der Waals surface area contributed by atoms with Crippen LogP contribution in [0, 0.1) is 0 Å². The summed E-state index contributed by atoms with van der Waals surface area (Å²) in [7, 11) is 1.57. The molecule has 1 aliphatic heterocycles. The molecule has 0 unspecified atom stereocenters. The zero-order valence-electron chi connectivity index (χ0n) is 19.0. The predicted octanol–water partition coefficient (Wildman–Crippen LogP) is 7.27. The standard InChI is InChI=1S/C27H23Br2NO4/c1-16(2)18-8-10-19(11-9-18)26-30-23(27(31)34-26)13-17-12-22(29)25(24(14-17)32-3)33-15-20-6-4-5-7-21(20)28/h4-14,16H,15H2,1-3H3/b23-13-. The van der Waals surface area contributed by atoms with E-state index < -0.39 is 5.97 Å². The Hall–Kier alpha value is -2.90. The molecule has 7 heteroatoms. The number of cyclic esters (lactones) is 1. The van der Waals surface area contributed by atoms with Gasteiger partial charge in [0, 0.05) is 15.6 Å². The number of hydrogen-bond donors (Lipinski definition) is 0. The highest BCUT2D eigenvalue weighted by molar-refractivity contribution is 9.10. The van der Waals surface area contributed by atoms with Crippen molar-refractivity contribution in [2.75, 3.05) is 7.11 Å². The number of rotatable bonds is 7. The molecule has 0 aromatic heterocycles. The zero-order valence-corrected chi connectivity index (χ0v) is 22.1. The Morgan fingerprint density at radius 3 is 2.44 bits per heavy atom. The number of nitrogens with zero attached hydrogens (tertiary/aromatic N) is 1. The van der Waals surface area contributed by atoms with Gasteiger partial charge in [0.1, 0.15) is 6.61 Å². The highest BCUT2D eigenvalue weighted by Gasteiger charge is 2.24. The third-order valence-corrected chi connectivity index (χ3v) is 6.69. The lowest BCUT2D eigenvalue weighted by Gasteiger charge is -2.14. The second-order valence-corrected chi connectivity index (χ2v) is 9.74. The van der Waals surface area contributed by atoms with E-state index in [1.807, 2.05) is 54.6 Å². The van der Waals surface area contributed by atoms with Gasteiger partial charge < -0.3 is 14.2 Å². The van der Waals surface area contributed by atoms with Crippen LogP contribution in [0.1, 0.15) is 42.0 Å². The lowest BCUT2D eigenvalue weighted by molar-refractivity contribution is -0.129. The summed E-state index contributed by atoms with van der Waals surface area (Å²) < 4.78 is 18.7. The lowest BCUT2D eigenvalue weighted by atomic mass is 10.0. The van der Waals surface area contributed by atoms with Gasteiger partial charge >= 0.3 is 5.97 Å². The molecule has 0 saturated heterocycles. The molecule has 0 bridgehead atoms. The topological polar surface area (TPSA) is 57.1 Å². The fraction of sp³-hybridized carbons (Fsp3) is 0.185. The zero-order chi connectivity index (χ0) is 24.2. The van der Waals surface area contributed by atoms with Crippen molar-refractivity contribution >= 4 is 49.8 Å². The van der Waals surface area contributed by atoms with Crippen molar-refractivity contribution in [1.82, 2.24) is 0 Å². The molecule has 34 heavy (non-hydrogen) atoms. The molecule has 0 amide bonds. The van der Waals surface area contributed by atoms with Gasteiger partial charge in [-0.25, -0.2) is 9.79 Å². The summed E-state index contributed by atoms with van der Waals surface area (Å²) in [5.41, 5.74) is 3.93. The molecular formula is C27H23Br2NO4. The first-order valence-corrected chi connectivity index (χ1v) is 12.3. The Morgan fingerprint density at radius 2 is 1.76 bits per heavy atom. The average molecular weight is 585 g/mol. The molecule has 0 atom stereocenters. The molecule has 0 aliphatic carbocycles. The van der Waals surface area contributed by atoms with E-state index in [-0.39, 0.29) is 5.70 Å². The van der Waals surface area contributed by atoms with Crippen molar-refractivity contribution in [2.45, 2.75) is 26.4 Å². The third-order valence-electron chi connectivity index (χ3n) is 5.33. The summed E-state index contributed by atoms with van der Waals surface area (Å²) in [6, 6.07) is 19.4. The first kappa shape index (κ1) is 24.2. The maximum Gasteiger partial charge on any atom is 0.363 e. The Kier molecular flexibility index (Phi) is 7.54. The van der Waals surface area contributed by atoms with E-state index in [0.29, 0.717) is 34.4 Å². The highest BCUT2D eigenvalue weighted by atomic mass is 79.9. The SMILES string of the molecule is COc1cc(/C=C2\N=C(c3ccc(C(C)C)cc3)OC2=O)cc(Br)c1OCc1ccccc1Br. The van der Waals surface area contributed by atoms with Crippen LogP contribution in [-0.4, -0.2) is 19.0 Å². The van der Waals surface area contributed by atoms with Gasteiger partial charge in [-0.1, -0.05) is 60.1 Å². The van der Waals surface area contributed by atoms with E-state index in [0.717, 1.165) is 21.2 Å². The number of aliphatic imine (C=N–C) groups is 1. The second kappa shape index (κ2) is 10.6. The van der Waals surface area contributed by atoms with Gasteiger partial charge in [0.05, 0.1) is 11.6 Å². The minimum Gasteiger partial charge on any atom is -0.493 e. The Morgan fingerprint density at radius 1 is 1.03 bits per heavy atom. The van der Waals surface area contributed by atoms with Gasteiger partial charge in [-0.15, -0.1) is 0 Å². The molecule has 3 aromatic rings. The van der Waals surface area contributed by atoms with Crippen LogP contribution < -0.4 is 9.47 Å². The number of hydrogen-bond acceptors (Lipinski definition) is 5. The highest BCUT2D eigenvalue weighted by Crippen LogP contribution is 2.38. The second-order valence-electron chi connectivity index (χ2n) is 8.03. The first-order chi connectivity index (χ1) is 16.4. The number of ether oxygens (including phenoxy) is 3. The normalized spacial score (nSPS) is 14.4. The van der Waals surface area contributed by atoms with E-state index in [4.69, 9.17) is 14.2 Å². The van der Waals surface area contributed by atoms with Gasteiger partial charge in [0.2, 0.25) is 5.90 Å². The van der Waals surface area contributed by atoms with Gasteiger partial charge in [-0.2, -0.15) is 0 Å². The van der Waals surface area contributed by atoms with Gasteiger partial charge in [0.15, 0.2) is 17.2 Å². The molecule has 0 N–H and O–H groups in total. The smallest absolute Gasteiger partial charge is 0.363 e. The number of benzene rings is 3. The van der Waals surface area contributed by atoms with Crippen LogP contribution in [0.4, 0.5) is 0 Å². The summed E-state index contributed by atoms with van der Waals surface area (Å²) >= 11 is 7.10. The van der Waals surface area contributed by atoms with E-state index in [1.165, 1.54) is 5.56 Å². The summed E-state index contributed by atoms with van der Waals surface area (Å²) in [4.78, 5) is 16.9. The van der Waals surface area contributed by atoms with E-state index >= 15 is 0 Å². The molecule has 174 valence electrons. The van der Waals surface area contributed by atoms with Crippen LogP contribution in [0.15, 0.2) is 80.3 Å². The molecule has 1 aliphatic rings. The van der Waals surface area contributed by atoms with Crippen molar-refractivity contribution in [1.29, 1.82) is 0 Å². The molecule has 1 heterocycles. The largest absolute Gasteiger partial charge is 0.493 e. The summed E-state index contributed by atoms with van der Waals surface area (Å²) in [5, 5.41) is 0. The maximum absolute atomic E-state index is 12.5. The van der Waals surface area contributed by atoms with Crippen LogP contribution in [-0.2, 0) is 16.1 Å². The van der Waals surface area contributed by atoms with E-state index in [2.05, 4.69) is 50.7 Å². The Balaban J connectivity index is 1.58. The maximum atomic E-state index is 12.5. The summed E-state index contributed by atoms with van der Waals surface area (Å²) in [6.45, 7) is 4.63. The summed E-state index contributed by atoms with van der Waals surface area (Å²) in [6.07, 6.45) is 1.67. The van der Waals surface area contributed by atoms with Crippen molar-refractivity contribution < 1.29 is 19.0 Å². The molecule has 3 aromatic carbocycles. The van der Waals surface area contributed by atoms with Crippen LogP contribution in [0.2, 0.25) is 0 Å². The molecular weight excluding hydrogens is 562 g/mol. The Labute approximate surface area is 215 Å². The van der Waals surface area contributed by atoms with Crippen LogP contribution in [0.25, 0.3) is 6.08 Å². The first-order valence-electron chi connectivity index (χ1n) is 10.7. The molecule has 0 saturated carbocycles. The minimum absolute atomic E-state index is 0.221. The van der Waals surface area contributed by atoms with Crippen molar-refractivity contribution in [3.8, 4) is 11.5 Å². The van der Waals surface area contributed by atoms with Crippen molar-refractivity contribution in [3.05, 3.63) is 97.6 Å². The number of carbonyl (C=O) groups excluding carboxylic acids is 1. The van der Waals surface area contributed by atoms with Crippen LogP contribution in [0.3, 0.4) is 0 Å². The van der Waals surface area contributed by atoms with Crippen molar-refractivity contribution in [3.63, 3.8) is 0 Å². The number of methoxy groups -OCH3 is 1. The predicted molar refractivity (Wildman–Crippen MR) is 140 cm³/mol. The van der Waals surface area contributed by atoms with E-state index in [1.54, 1.807) is 19.3 Å². The summed E-state index contributed by atoms with van der Waals surface area (Å²) in [5.74, 6) is 1.34. The lowest BCUT2D eigenvalue weighted by Crippen LogP contribution is -2.05. The Bertz CT molecular complexity index is 1280. The third kappa shape index (κ3) is 5.42. The monoisotopic (exact) mass is 583 g/mol. The quantitative estimate of drug-likeness (QED) is 0.216. The fourth-order valence-electron chi connectivity index (χ4n) is 3.43. The van der Waals surface area contributed by atoms with Gasteiger partial charge in [0.25, 0.3) is 0 Å². The molecule has 0 spiro atoms. The molecule has 4 rings (SSSR count). The molecule has 5 nitrogen and oxygen atoms in total. The van der Waals surface area contributed by atoms with Crippen molar-refractivity contribution in [2.24, 2.45) is 4.99 Å². The van der Waals surface area contributed by atoms with Crippen LogP contribution in [0.5, 0.6) is 11.5 Å². The molecule has 0 fully saturated rings. The number of esters is 1. The molecule has 0 radical (unpaired) electrons. The van der Waals surface area contributed by atoms with Gasteiger partial charge in [-0.3, -0.25) is 0 Å². The fourth-order valence-corrected chi connectivity index (χ4v) is 4.40. The van der Waals surface area contributed by atoms with Crippen LogP contribution >= 0.6 is 31.9 Å². The minimum atomic E-state index is -0.493. The van der Waals surface area contributed by atoms with E-state index in [9.17, 15) is 4.79 Å². The average Bonchev–Trinajstić information content (AvgIpc) is 3.19. The van der Waals surface area contributed by atoms with Gasteiger partial charge in [-0.05, 0) is 69.4 Å². The number of carbonyl (C=O) groups is 1. The number of halogens is 2.